The molecular weight excluding hydrogens is 489 g/mol. The molecular formula is C31H28FN7. The minimum absolute atomic E-state index is 0.264. The first-order chi connectivity index (χ1) is 19.2. The number of para-hydroxylation sites is 1. The first kappa shape index (κ1) is 23.7. The van der Waals surface area contributed by atoms with Gasteiger partial charge >= 0.3 is 0 Å². The van der Waals surface area contributed by atoms with Crippen LogP contribution in [0.2, 0.25) is 0 Å². The number of hydrogen-bond acceptors (Lipinski definition) is 5. The van der Waals surface area contributed by atoms with Crippen LogP contribution in [0, 0.1) is 11.7 Å². The number of rotatable bonds is 7. The average Bonchev–Trinajstić information content (AvgIpc) is 3.73. The summed E-state index contributed by atoms with van der Waals surface area (Å²) in [5.41, 5.74) is 8.65. The van der Waals surface area contributed by atoms with Crippen molar-refractivity contribution in [2.75, 3.05) is 6.54 Å². The van der Waals surface area contributed by atoms with Crippen molar-refractivity contribution in [3.8, 4) is 33.9 Å². The van der Waals surface area contributed by atoms with Crippen molar-refractivity contribution in [1.29, 1.82) is 0 Å². The van der Waals surface area contributed by atoms with Gasteiger partial charge in [0.05, 0.1) is 22.2 Å². The minimum atomic E-state index is -0.264. The topological polar surface area (TPSA) is 95.2 Å². The fraction of sp³-hybridized carbons (Fsp3) is 0.226. The maximum absolute atomic E-state index is 13.5. The van der Waals surface area contributed by atoms with Crippen LogP contribution in [-0.4, -0.2) is 36.7 Å². The van der Waals surface area contributed by atoms with Crippen LogP contribution in [-0.2, 0) is 6.54 Å². The molecule has 1 aliphatic rings. The van der Waals surface area contributed by atoms with E-state index in [1.807, 2.05) is 42.7 Å². The standard InChI is InChI=1S/C31H28FN7/c32-23-10-8-21(9-11-23)24-6-3-7-26-28(24)37-31(36-26)30-29-27(38-39-30)13-12-25(35-29)22-14-20(17-34-18-22)16-33-15-19-4-1-2-5-19/h3,6-14,17-19,33H,1-2,4-5,15-16H2,(H,36,37)(H,38,39). The summed E-state index contributed by atoms with van der Waals surface area (Å²) in [7, 11) is 0. The van der Waals surface area contributed by atoms with Crippen LogP contribution in [0.4, 0.5) is 4.39 Å². The minimum Gasteiger partial charge on any atom is -0.336 e. The van der Waals surface area contributed by atoms with Crippen LogP contribution in [0.25, 0.3) is 56.0 Å². The van der Waals surface area contributed by atoms with E-state index in [1.165, 1.54) is 37.8 Å². The number of aromatic amines is 2. The van der Waals surface area contributed by atoms with Crippen LogP contribution < -0.4 is 5.32 Å². The van der Waals surface area contributed by atoms with Gasteiger partial charge in [-0.2, -0.15) is 5.10 Å². The predicted molar refractivity (Wildman–Crippen MR) is 151 cm³/mol. The largest absolute Gasteiger partial charge is 0.336 e. The monoisotopic (exact) mass is 517 g/mol. The number of fused-ring (bicyclic) bond motifs is 2. The van der Waals surface area contributed by atoms with E-state index in [4.69, 9.17) is 9.97 Å². The Bertz CT molecular complexity index is 1760. The lowest BCUT2D eigenvalue weighted by Crippen LogP contribution is -2.20. The van der Waals surface area contributed by atoms with E-state index in [0.29, 0.717) is 11.5 Å². The van der Waals surface area contributed by atoms with Crippen molar-refractivity contribution >= 4 is 22.1 Å². The molecule has 1 aliphatic carbocycles. The van der Waals surface area contributed by atoms with Gasteiger partial charge in [-0.25, -0.2) is 14.4 Å². The van der Waals surface area contributed by atoms with Crippen LogP contribution in [0.1, 0.15) is 31.2 Å². The summed E-state index contributed by atoms with van der Waals surface area (Å²) in [4.78, 5) is 17.8. The highest BCUT2D eigenvalue weighted by Gasteiger charge is 2.17. The van der Waals surface area contributed by atoms with Gasteiger partial charge in [0.2, 0.25) is 0 Å². The first-order valence-corrected chi connectivity index (χ1v) is 13.5. The summed E-state index contributed by atoms with van der Waals surface area (Å²) in [6.45, 7) is 1.86. The lowest BCUT2D eigenvalue weighted by Gasteiger charge is -2.11. The van der Waals surface area contributed by atoms with Gasteiger partial charge in [-0.05, 0) is 72.8 Å². The number of aromatic nitrogens is 6. The summed E-state index contributed by atoms with van der Waals surface area (Å²) < 4.78 is 13.5. The second-order valence-corrected chi connectivity index (χ2v) is 10.3. The van der Waals surface area contributed by atoms with Crippen molar-refractivity contribution in [1.82, 2.24) is 35.5 Å². The Morgan fingerprint density at radius 3 is 2.62 bits per heavy atom. The Balaban J connectivity index is 1.20. The first-order valence-electron chi connectivity index (χ1n) is 13.5. The van der Waals surface area contributed by atoms with E-state index >= 15 is 0 Å². The zero-order valence-electron chi connectivity index (χ0n) is 21.4. The molecule has 39 heavy (non-hydrogen) atoms. The summed E-state index contributed by atoms with van der Waals surface area (Å²) >= 11 is 0. The highest BCUT2D eigenvalue weighted by molar-refractivity contribution is 5.96. The number of benzene rings is 2. The van der Waals surface area contributed by atoms with Crippen LogP contribution in [0.3, 0.4) is 0 Å². The van der Waals surface area contributed by atoms with Gasteiger partial charge in [-0.1, -0.05) is 37.1 Å². The molecule has 0 unspecified atom stereocenters. The molecule has 6 aromatic rings. The van der Waals surface area contributed by atoms with E-state index in [2.05, 4.69) is 31.5 Å². The molecule has 0 bridgehead atoms. The van der Waals surface area contributed by atoms with Crippen molar-refractivity contribution in [2.45, 2.75) is 32.2 Å². The lowest BCUT2D eigenvalue weighted by molar-refractivity contribution is 0.489. The van der Waals surface area contributed by atoms with Gasteiger partial charge in [0.15, 0.2) is 11.5 Å². The fourth-order valence-electron chi connectivity index (χ4n) is 5.59. The Kier molecular flexibility index (Phi) is 6.09. The molecule has 0 aliphatic heterocycles. The molecule has 3 N–H and O–H groups in total. The normalized spacial score (nSPS) is 14.1. The number of halogens is 1. The third kappa shape index (κ3) is 4.68. The summed E-state index contributed by atoms with van der Waals surface area (Å²) in [6.07, 6.45) is 9.15. The molecule has 8 heteroatoms. The maximum Gasteiger partial charge on any atom is 0.161 e. The third-order valence-electron chi connectivity index (χ3n) is 7.63. The molecule has 7 nitrogen and oxygen atoms in total. The molecule has 0 atom stereocenters. The number of nitrogens with zero attached hydrogens (tertiary/aromatic N) is 4. The third-order valence-corrected chi connectivity index (χ3v) is 7.63. The molecule has 0 saturated heterocycles. The Morgan fingerprint density at radius 1 is 0.872 bits per heavy atom. The number of imidazole rings is 1. The van der Waals surface area contributed by atoms with Crippen molar-refractivity contribution in [3.63, 3.8) is 0 Å². The Labute approximate surface area is 224 Å². The number of pyridine rings is 2. The van der Waals surface area contributed by atoms with Crippen LogP contribution >= 0.6 is 0 Å². The molecule has 0 spiro atoms. The summed E-state index contributed by atoms with van der Waals surface area (Å²) in [5, 5.41) is 11.2. The molecule has 1 saturated carbocycles. The second-order valence-electron chi connectivity index (χ2n) is 10.3. The van der Waals surface area contributed by atoms with Crippen molar-refractivity contribution in [2.24, 2.45) is 5.92 Å². The smallest absolute Gasteiger partial charge is 0.161 e. The van der Waals surface area contributed by atoms with E-state index in [9.17, 15) is 4.39 Å². The molecule has 4 aromatic heterocycles. The van der Waals surface area contributed by atoms with E-state index in [0.717, 1.165) is 69.0 Å². The Morgan fingerprint density at radius 2 is 1.74 bits per heavy atom. The van der Waals surface area contributed by atoms with Gasteiger partial charge in [0.25, 0.3) is 0 Å². The van der Waals surface area contributed by atoms with Crippen molar-refractivity contribution < 1.29 is 4.39 Å². The summed E-state index contributed by atoms with van der Waals surface area (Å²) in [6, 6.07) is 18.5. The number of H-pyrrole nitrogens is 2. The lowest BCUT2D eigenvalue weighted by atomic mass is 10.0. The number of hydrogen-bond donors (Lipinski definition) is 3. The predicted octanol–water partition coefficient (Wildman–Crippen LogP) is 6.65. The quantitative estimate of drug-likeness (QED) is 0.220. The van der Waals surface area contributed by atoms with Gasteiger partial charge in [0, 0.05) is 30.1 Å². The van der Waals surface area contributed by atoms with E-state index in [-0.39, 0.29) is 5.82 Å². The van der Waals surface area contributed by atoms with Crippen LogP contribution in [0.5, 0.6) is 0 Å². The second kappa shape index (κ2) is 10.0. The Hall–Kier alpha value is -4.43. The van der Waals surface area contributed by atoms with Crippen LogP contribution in [0.15, 0.2) is 73.1 Å². The maximum atomic E-state index is 13.5. The SMILES string of the molecule is Fc1ccc(-c2cccc3[nH]c(-c4n[nH]c5ccc(-c6cncc(CNCC7CCCC7)c6)nc45)nc23)cc1. The molecule has 4 heterocycles. The van der Waals surface area contributed by atoms with Gasteiger partial charge < -0.3 is 10.3 Å². The summed E-state index contributed by atoms with van der Waals surface area (Å²) in [5.74, 6) is 1.16. The van der Waals surface area contributed by atoms with Crippen molar-refractivity contribution in [3.05, 3.63) is 84.4 Å². The molecule has 7 rings (SSSR count). The highest BCUT2D eigenvalue weighted by Crippen LogP contribution is 2.32. The van der Waals surface area contributed by atoms with E-state index in [1.54, 1.807) is 12.1 Å². The zero-order valence-corrected chi connectivity index (χ0v) is 21.4. The van der Waals surface area contributed by atoms with E-state index < -0.39 is 0 Å². The van der Waals surface area contributed by atoms with Gasteiger partial charge in [-0.3, -0.25) is 10.1 Å². The molecule has 0 amide bonds. The fourth-order valence-corrected chi connectivity index (χ4v) is 5.59. The van der Waals surface area contributed by atoms with Gasteiger partial charge in [0.1, 0.15) is 11.3 Å². The van der Waals surface area contributed by atoms with Gasteiger partial charge in [-0.15, -0.1) is 0 Å². The highest BCUT2D eigenvalue weighted by atomic mass is 19.1. The zero-order chi connectivity index (χ0) is 26.2. The molecule has 194 valence electrons. The molecule has 2 aromatic carbocycles. The molecule has 0 radical (unpaired) electrons. The molecule has 1 fully saturated rings. The average molecular weight is 518 g/mol. The number of nitrogens with one attached hydrogen (secondary N) is 3.